The van der Waals surface area contributed by atoms with Crippen molar-refractivity contribution in [3.8, 4) is 0 Å². The van der Waals surface area contributed by atoms with E-state index in [1.165, 1.54) is 38.8 Å². The maximum Gasteiger partial charge on any atom is 0.333 e. The Balaban J connectivity index is 0. The Morgan fingerprint density at radius 1 is 1.03 bits per heavy atom. The summed E-state index contributed by atoms with van der Waals surface area (Å²) < 4.78 is 4.95. The van der Waals surface area contributed by atoms with Crippen LogP contribution in [0.2, 0.25) is 0 Å². The number of hydrogen-bond donors (Lipinski definition) is 1. The zero-order chi connectivity index (χ0) is 25.8. The number of amides is 2. The topological polar surface area (TPSA) is 79.0 Å². The number of carbonyl (C=O) groups is 3. The van der Waals surface area contributed by atoms with Gasteiger partial charge in [-0.1, -0.05) is 46.6 Å². The van der Waals surface area contributed by atoms with E-state index in [1.54, 1.807) is 24.8 Å². The predicted molar refractivity (Wildman–Crippen MR) is 137 cm³/mol. The molecule has 0 radical (unpaired) electrons. The molecule has 7 heteroatoms. The van der Waals surface area contributed by atoms with Gasteiger partial charge in [-0.3, -0.25) is 9.59 Å². The van der Waals surface area contributed by atoms with E-state index < -0.39 is 0 Å². The van der Waals surface area contributed by atoms with Gasteiger partial charge in [0.15, 0.2) is 0 Å². The smallest absolute Gasteiger partial charge is 0.333 e. The van der Waals surface area contributed by atoms with Gasteiger partial charge >= 0.3 is 5.97 Å². The summed E-state index contributed by atoms with van der Waals surface area (Å²) in [6, 6.07) is 0.547. The van der Waals surface area contributed by atoms with Gasteiger partial charge in [-0.15, -0.1) is 0 Å². The van der Waals surface area contributed by atoms with Crippen LogP contribution in [0.15, 0.2) is 11.6 Å². The van der Waals surface area contributed by atoms with Gasteiger partial charge in [-0.05, 0) is 66.5 Å². The summed E-state index contributed by atoms with van der Waals surface area (Å²) in [6.45, 7) is 21.5. The third kappa shape index (κ3) is 15.6. The van der Waals surface area contributed by atoms with E-state index in [0.717, 1.165) is 6.04 Å². The zero-order valence-electron chi connectivity index (χ0n) is 22.8. The molecule has 194 valence electrons. The van der Waals surface area contributed by atoms with Crippen molar-refractivity contribution in [1.82, 2.24) is 15.1 Å². The minimum Gasteiger partial charge on any atom is -0.463 e. The normalized spacial score (nSPS) is 14.9. The average molecular weight is 470 g/mol. The van der Waals surface area contributed by atoms with Crippen molar-refractivity contribution in [1.29, 1.82) is 0 Å². The molecule has 1 heterocycles. The fourth-order valence-electron chi connectivity index (χ4n) is 3.43. The lowest BCUT2D eigenvalue weighted by Gasteiger charge is -2.32. The van der Waals surface area contributed by atoms with E-state index in [2.05, 4.69) is 37.9 Å². The molecule has 33 heavy (non-hydrogen) atoms. The summed E-state index contributed by atoms with van der Waals surface area (Å²) >= 11 is 0. The van der Waals surface area contributed by atoms with Gasteiger partial charge in [-0.25, -0.2) is 4.79 Å². The highest BCUT2D eigenvalue weighted by molar-refractivity contribution is 5.88. The molecule has 2 amide bonds. The third-order valence-electron chi connectivity index (χ3n) is 5.18. The number of hydrogen-bond acceptors (Lipinski definition) is 5. The summed E-state index contributed by atoms with van der Waals surface area (Å²) in [7, 11) is 0. The molecule has 0 unspecified atom stereocenters. The van der Waals surface area contributed by atoms with Crippen LogP contribution in [0, 0.1) is 5.92 Å². The zero-order valence-corrected chi connectivity index (χ0v) is 22.8. The first-order chi connectivity index (χ1) is 15.6. The molecule has 1 saturated heterocycles. The molecule has 1 rings (SSSR count). The summed E-state index contributed by atoms with van der Waals surface area (Å²) in [5.74, 6) is -0.427. The van der Waals surface area contributed by atoms with Crippen molar-refractivity contribution in [2.24, 2.45) is 5.92 Å². The summed E-state index contributed by atoms with van der Waals surface area (Å²) in [6.07, 6.45) is 7.78. The van der Waals surface area contributed by atoms with Gasteiger partial charge in [0, 0.05) is 18.2 Å². The van der Waals surface area contributed by atoms with Gasteiger partial charge < -0.3 is 19.9 Å². The Hall–Kier alpha value is -1.89. The van der Waals surface area contributed by atoms with Gasteiger partial charge in [0.05, 0.1) is 19.2 Å². The summed E-state index contributed by atoms with van der Waals surface area (Å²) in [4.78, 5) is 38.3. The molecular formula is C26H51N3O4. The molecule has 0 aromatic rings. The van der Waals surface area contributed by atoms with Gasteiger partial charge in [-0.2, -0.15) is 0 Å². The van der Waals surface area contributed by atoms with E-state index >= 15 is 0 Å². The number of esters is 1. The monoisotopic (exact) mass is 469 g/mol. The first-order valence-corrected chi connectivity index (χ1v) is 12.7. The fourth-order valence-corrected chi connectivity index (χ4v) is 3.43. The lowest BCUT2D eigenvalue weighted by Crippen LogP contribution is -2.46. The molecule has 1 aliphatic rings. The van der Waals surface area contributed by atoms with E-state index in [0.29, 0.717) is 25.1 Å². The molecule has 0 aromatic heterocycles. The molecule has 0 spiro atoms. The number of nitrogens with zero attached hydrogens (tertiary/aromatic N) is 2. The van der Waals surface area contributed by atoms with Gasteiger partial charge in [0.2, 0.25) is 12.3 Å². The first-order valence-electron chi connectivity index (χ1n) is 12.7. The molecule has 1 fully saturated rings. The standard InChI is InChI=1S/C15H26N2O4.C8H17N.C3H8/c1-6-17(14(19)9-16-10-18)13(11(3)4)8-12(5)15(20)21-7-2;1-8(2)9-6-4-3-5-7-9;1-3-2/h8,10-11,13H,6-7,9H2,1-5H3,(H,16,18);8H,3-7H2,1-2H3;3H2,1-2H3/b12-8+;;/t13-;;/m1../s1. The highest BCUT2D eigenvalue weighted by Gasteiger charge is 2.24. The van der Waals surface area contributed by atoms with Crippen LogP contribution in [0.3, 0.4) is 0 Å². The Morgan fingerprint density at radius 2 is 1.58 bits per heavy atom. The Labute approximate surface area is 203 Å². The van der Waals surface area contributed by atoms with E-state index in [9.17, 15) is 14.4 Å². The van der Waals surface area contributed by atoms with Crippen molar-refractivity contribution < 1.29 is 19.1 Å². The Bertz CT molecular complexity index is 556. The predicted octanol–water partition coefficient (Wildman–Crippen LogP) is 4.41. The highest BCUT2D eigenvalue weighted by Crippen LogP contribution is 2.15. The number of nitrogens with one attached hydrogen (secondary N) is 1. The SMILES string of the molecule is CC(C)N1CCCCC1.CCC.CCOC(=O)/C(C)=C/[C@H](C(C)C)N(CC)C(=O)CNC=O. The van der Waals surface area contributed by atoms with Gasteiger partial charge in [0.25, 0.3) is 0 Å². The van der Waals surface area contributed by atoms with Crippen molar-refractivity contribution in [3.63, 3.8) is 0 Å². The van der Waals surface area contributed by atoms with Crippen LogP contribution in [-0.2, 0) is 19.1 Å². The summed E-state index contributed by atoms with van der Waals surface area (Å²) in [5.41, 5.74) is 0.477. The van der Waals surface area contributed by atoms with Crippen molar-refractivity contribution in [2.45, 2.75) is 100 Å². The molecule has 0 saturated carbocycles. The average Bonchev–Trinajstić information content (AvgIpc) is 2.78. The molecule has 7 nitrogen and oxygen atoms in total. The van der Waals surface area contributed by atoms with Crippen LogP contribution >= 0.6 is 0 Å². The molecule has 1 aliphatic heterocycles. The maximum absolute atomic E-state index is 12.1. The number of rotatable bonds is 10. The minimum atomic E-state index is -0.377. The quantitative estimate of drug-likeness (QED) is 0.291. The van der Waals surface area contributed by atoms with E-state index in [-0.39, 0.29) is 30.4 Å². The maximum atomic E-state index is 12.1. The van der Waals surface area contributed by atoms with Crippen molar-refractivity contribution >= 4 is 18.3 Å². The molecule has 1 atom stereocenters. The second-order valence-corrected chi connectivity index (χ2v) is 8.88. The van der Waals surface area contributed by atoms with Crippen LogP contribution < -0.4 is 5.32 Å². The van der Waals surface area contributed by atoms with Crippen LogP contribution in [0.4, 0.5) is 0 Å². The van der Waals surface area contributed by atoms with Crippen LogP contribution in [0.25, 0.3) is 0 Å². The molecule has 0 bridgehead atoms. The lowest BCUT2D eigenvalue weighted by atomic mass is 9.99. The number of piperidine rings is 1. The van der Waals surface area contributed by atoms with E-state index in [4.69, 9.17) is 4.74 Å². The fraction of sp³-hybridized carbons (Fsp3) is 0.808. The van der Waals surface area contributed by atoms with Gasteiger partial charge in [0.1, 0.15) is 0 Å². The molecule has 0 aromatic carbocycles. The Morgan fingerprint density at radius 3 is 1.94 bits per heavy atom. The second kappa shape index (κ2) is 20.7. The highest BCUT2D eigenvalue weighted by atomic mass is 16.5. The first kappa shape index (κ1) is 33.3. The molecule has 1 N–H and O–H groups in total. The van der Waals surface area contributed by atoms with E-state index in [1.807, 2.05) is 20.8 Å². The van der Waals surface area contributed by atoms with Crippen LogP contribution in [0.5, 0.6) is 0 Å². The minimum absolute atomic E-state index is 0.0488. The lowest BCUT2D eigenvalue weighted by molar-refractivity contribution is -0.138. The second-order valence-electron chi connectivity index (χ2n) is 8.88. The Kier molecular flexibility index (Phi) is 20.9. The summed E-state index contributed by atoms with van der Waals surface area (Å²) in [5, 5.41) is 2.37. The number of ether oxygens (including phenoxy) is 1. The largest absolute Gasteiger partial charge is 0.463 e. The molecular weight excluding hydrogens is 418 g/mol. The van der Waals surface area contributed by atoms with Crippen molar-refractivity contribution in [3.05, 3.63) is 11.6 Å². The number of likely N-dealkylation sites (tertiary alicyclic amines) is 1. The van der Waals surface area contributed by atoms with Crippen LogP contribution in [-0.4, -0.2) is 73.0 Å². The number of likely N-dealkylation sites (N-methyl/N-ethyl adjacent to an activating group) is 1. The number of carbonyl (C=O) groups excluding carboxylic acids is 3. The van der Waals surface area contributed by atoms with Crippen molar-refractivity contribution in [2.75, 3.05) is 32.8 Å². The third-order valence-corrected chi connectivity index (χ3v) is 5.18. The molecule has 0 aliphatic carbocycles. The van der Waals surface area contributed by atoms with Crippen LogP contribution in [0.1, 0.15) is 88.0 Å².